The average molecular weight is 478 g/mol. The van der Waals surface area contributed by atoms with Crippen LogP contribution in [0.25, 0.3) is 0 Å². The van der Waals surface area contributed by atoms with Gasteiger partial charge in [-0.15, -0.1) is 0 Å². The van der Waals surface area contributed by atoms with Gasteiger partial charge in [0.2, 0.25) is 0 Å². The van der Waals surface area contributed by atoms with Gasteiger partial charge in [0.15, 0.2) is 6.61 Å². The maximum absolute atomic E-state index is 13.1. The fourth-order valence-corrected chi connectivity index (χ4v) is 5.29. The Labute approximate surface area is 209 Å². The van der Waals surface area contributed by atoms with Gasteiger partial charge in [-0.1, -0.05) is 29.8 Å². The van der Waals surface area contributed by atoms with Crippen LogP contribution >= 0.6 is 0 Å². The molecule has 4 rings (SSSR count). The summed E-state index contributed by atoms with van der Waals surface area (Å²) in [6, 6.07) is 16.4. The SMILES string of the molecule is Cc1ccc(CN2CCCN(C(=O)c3ccc(OCC(=O)N4C(C)CCCC4C)cc3)CC2)cc1. The van der Waals surface area contributed by atoms with E-state index >= 15 is 0 Å². The molecule has 2 aliphatic heterocycles. The third kappa shape index (κ3) is 6.63. The van der Waals surface area contributed by atoms with Gasteiger partial charge < -0.3 is 14.5 Å². The van der Waals surface area contributed by atoms with Gasteiger partial charge >= 0.3 is 0 Å². The second kappa shape index (κ2) is 11.7. The molecule has 0 N–H and O–H groups in total. The number of benzene rings is 2. The van der Waals surface area contributed by atoms with E-state index < -0.39 is 0 Å². The molecule has 188 valence electrons. The lowest BCUT2D eigenvalue weighted by atomic mass is 9.97. The smallest absolute Gasteiger partial charge is 0.260 e. The Hall–Kier alpha value is -2.86. The zero-order valence-corrected chi connectivity index (χ0v) is 21.4. The molecule has 2 fully saturated rings. The van der Waals surface area contributed by atoms with Gasteiger partial charge in [-0.05, 0) is 76.3 Å². The molecular formula is C29H39N3O3. The predicted molar refractivity (Wildman–Crippen MR) is 139 cm³/mol. The van der Waals surface area contributed by atoms with Crippen molar-refractivity contribution in [2.75, 3.05) is 32.8 Å². The summed E-state index contributed by atoms with van der Waals surface area (Å²) in [5.41, 5.74) is 3.25. The predicted octanol–water partition coefficient (Wildman–Crippen LogP) is 4.51. The summed E-state index contributed by atoms with van der Waals surface area (Å²) in [6.45, 7) is 10.6. The van der Waals surface area contributed by atoms with E-state index in [0.717, 1.165) is 52.0 Å². The van der Waals surface area contributed by atoms with Crippen LogP contribution in [0.1, 0.15) is 61.0 Å². The first kappa shape index (κ1) is 25.2. The number of piperidine rings is 1. The third-order valence-corrected chi connectivity index (χ3v) is 7.35. The molecule has 6 nitrogen and oxygen atoms in total. The van der Waals surface area contributed by atoms with E-state index in [0.29, 0.717) is 11.3 Å². The van der Waals surface area contributed by atoms with Crippen LogP contribution < -0.4 is 4.74 Å². The molecule has 2 aromatic carbocycles. The highest BCUT2D eigenvalue weighted by atomic mass is 16.5. The molecule has 2 aliphatic rings. The van der Waals surface area contributed by atoms with E-state index in [1.165, 1.54) is 17.5 Å². The first-order valence-corrected chi connectivity index (χ1v) is 13.0. The monoisotopic (exact) mass is 477 g/mol. The van der Waals surface area contributed by atoms with E-state index in [1.807, 2.05) is 21.9 Å². The lowest BCUT2D eigenvalue weighted by Crippen LogP contribution is -2.49. The topological polar surface area (TPSA) is 53.1 Å². The van der Waals surface area contributed by atoms with E-state index in [-0.39, 0.29) is 30.5 Å². The summed E-state index contributed by atoms with van der Waals surface area (Å²) in [4.78, 5) is 32.2. The number of nitrogens with zero attached hydrogens (tertiary/aromatic N) is 3. The number of amides is 2. The Morgan fingerprint density at radius 2 is 1.54 bits per heavy atom. The number of hydrogen-bond donors (Lipinski definition) is 0. The van der Waals surface area contributed by atoms with Crippen LogP contribution in [0.4, 0.5) is 0 Å². The highest BCUT2D eigenvalue weighted by Gasteiger charge is 2.29. The summed E-state index contributed by atoms with van der Waals surface area (Å²) in [5, 5.41) is 0. The van der Waals surface area contributed by atoms with E-state index in [4.69, 9.17) is 4.74 Å². The van der Waals surface area contributed by atoms with Crippen molar-refractivity contribution in [1.29, 1.82) is 0 Å². The zero-order valence-electron chi connectivity index (χ0n) is 21.4. The molecular weight excluding hydrogens is 438 g/mol. The van der Waals surface area contributed by atoms with Gasteiger partial charge in [0.1, 0.15) is 5.75 Å². The minimum Gasteiger partial charge on any atom is -0.484 e. The number of carbonyl (C=O) groups is 2. The van der Waals surface area contributed by atoms with Gasteiger partial charge in [-0.3, -0.25) is 14.5 Å². The van der Waals surface area contributed by atoms with Gasteiger partial charge in [0.05, 0.1) is 0 Å². The Kier molecular flexibility index (Phi) is 8.45. The Morgan fingerprint density at radius 3 is 2.23 bits per heavy atom. The number of aryl methyl sites for hydroxylation is 1. The second-order valence-electron chi connectivity index (χ2n) is 10.2. The molecule has 2 amide bonds. The Morgan fingerprint density at radius 1 is 0.857 bits per heavy atom. The van der Waals surface area contributed by atoms with Gasteiger partial charge in [-0.25, -0.2) is 0 Å². The lowest BCUT2D eigenvalue weighted by molar-refractivity contribution is -0.139. The van der Waals surface area contributed by atoms with Crippen LogP contribution in [-0.4, -0.2) is 71.4 Å². The van der Waals surface area contributed by atoms with Crippen molar-refractivity contribution in [2.45, 2.75) is 65.1 Å². The van der Waals surface area contributed by atoms with Crippen molar-refractivity contribution in [2.24, 2.45) is 0 Å². The van der Waals surface area contributed by atoms with Crippen LogP contribution in [0, 0.1) is 6.92 Å². The van der Waals surface area contributed by atoms with Crippen LogP contribution in [0.5, 0.6) is 5.75 Å². The summed E-state index contributed by atoms with van der Waals surface area (Å²) in [7, 11) is 0. The summed E-state index contributed by atoms with van der Waals surface area (Å²) >= 11 is 0. The number of likely N-dealkylation sites (tertiary alicyclic amines) is 1. The average Bonchev–Trinajstić information content (AvgIpc) is 3.09. The van der Waals surface area contributed by atoms with Gasteiger partial charge in [0, 0.05) is 50.4 Å². The summed E-state index contributed by atoms with van der Waals surface area (Å²) in [6.07, 6.45) is 4.23. The van der Waals surface area contributed by atoms with E-state index in [2.05, 4.69) is 49.9 Å². The maximum Gasteiger partial charge on any atom is 0.260 e. The molecule has 0 spiro atoms. The van der Waals surface area contributed by atoms with Gasteiger partial charge in [0.25, 0.3) is 11.8 Å². The van der Waals surface area contributed by atoms with Crippen molar-refractivity contribution >= 4 is 11.8 Å². The van der Waals surface area contributed by atoms with Crippen molar-refractivity contribution in [3.63, 3.8) is 0 Å². The molecule has 35 heavy (non-hydrogen) atoms. The molecule has 2 aromatic rings. The number of rotatable bonds is 6. The fraction of sp³-hybridized carbons (Fsp3) is 0.517. The first-order valence-electron chi connectivity index (χ1n) is 13.0. The molecule has 6 heteroatoms. The van der Waals surface area contributed by atoms with Crippen molar-refractivity contribution in [3.8, 4) is 5.75 Å². The zero-order chi connectivity index (χ0) is 24.8. The Balaban J connectivity index is 1.27. The molecule has 2 atom stereocenters. The molecule has 0 radical (unpaired) electrons. The molecule has 0 bridgehead atoms. The van der Waals surface area contributed by atoms with Crippen LogP contribution in [0.3, 0.4) is 0 Å². The van der Waals surface area contributed by atoms with Crippen LogP contribution in [0.2, 0.25) is 0 Å². The fourth-order valence-electron chi connectivity index (χ4n) is 5.29. The normalized spacial score (nSPS) is 21.5. The number of hydrogen-bond acceptors (Lipinski definition) is 4. The Bertz CT molecular complexity index is 979. The lowest BCUT2D eigenvalue weighted by Gasteiger charge is -2.38. The maximum atomic E-state index is 13.1. The van der Waals surface area contributed by atoms with E-state index in [9.17, 15) is 9.59 Å². The molecule has 0 aromatic heterocycles. The van der Waals surface area contributed by atoms with E-state index in [1.54, 1.807) is 12.1 Å². The highest BCUT2D eigenvalue weighted by Crippen LogP contribution is 2.23. The van der Waals surface area contributed by atoms with Crippen molar-refractivity contribution in [1.82, 2.24) is 14.7 Å². The van der Waals surface area contributed by atoms with Gasteiger partial charge in [-0.2, -0.15) is 0 Å². The van der Waals surface area contributed by atoms with Crippen LogP contribution in [0.15, 0.2) is 48.5 Å². The molecule has 0 saturated carbocycles. The summed E-state index contributed by atoms with van der Waals surface area (Å²) in [5.74, 6) is 0.706. The highest BCUT2D eigenvalue weighted by molar-refractivity contribution is 5.94. The summed E-state index contributed by atoms with van der Waals surface area (Å²) < 4.78 is 5.77. The largest absolute Gasteiger partial charge is 0.484 e. The van der Waals surface area contributed by atoms with Crippen molar-refractivity contribution < 1.29 is 14.3 Å². The minimum atomic E-state index is 0.0320. The molecule has 2 unspecified atom stereocenters. The standard InChI is InChI=1S/C29H39N3O3/c1-22-8-10-25(11-9-22)20-30-16-5-17-31(19-18-30)29(34)26-12-14-27(15-13-26)35-21-28(33)32-23(2)6-4-7-24(32)3/h8-15,23-24H,4-7,16-21H2,1-3H3. The van der Waals surface area contributed by atoms with Crippen molar-refractivity contribution in [3.05, 3.63) is 65.2 Å². The quantitative estimate of drug-likeness (QED) is 0.614. The minimum absolute atomic E-state index is 0.0320. The number of ether oxygens (including phenoxy) is 1. The first-order chi connectivity index (χ1) is 16.9. The third-order valence-electron chi connectivity index (χ3n) is 7.35. The molecule has 2 heterocycles. The molecule has 2 saturated heterocycles. The molecule has 0 aliphatic carbocycles. The van der Waals surface area contributed by atoms with Crippen LogP contribution in [-0.2, 0) is 11.3 Å². The number of carbonyl (C=O) groups excluding carboxylic acids is 2. The second-order valence-corrected chi connectivity index (χ2v) is 10.2.